The van der Waals surface area contributed by atoms with Crippen molar-refractivity contribution in [2.24, 2.45) is 0 Å². The Labute approximate surface area is 158 Å². The molecule has 0 amide bonds. The summed E-state index contributed by atoms with van der Waals surface area (Å²) in [6, 6.07) is 15.4. The number of rotatable bonds is 7. The van der Waals surface area contributed by atoms with Crippen LogP contribution in [0.2, 0.25) is 0 Å². The Morgan fingerprint density at radius 1 is 0.815 bits per heavy atom. The van der Waals surface area contributed by atoms with Crippen molar-refractivity contribution in [2.45, 2.75) is 12.6 Å². The number of nitrogens with zero attached hydrogens (tertiary/aromatic N) is 2. The van der Waals surface area contributed by atoms with Crippen molar-refractivity contribution in [3.8, 4) is 5.75 Å². The van der Waals surface area contributed by atoms with E-state index in [0.29, 0.717) is 13.0 Å². The van der Waals surface area contributed by atoms with Crippen molar-refractivity contribution in [3.63, 3.8) is 0 Å². The highest BCUT2D eigenvalue weighted by atomic mass is 19.4. The summed E-state index contributed by atoms with van der Waals surface area (Å²) in [6.07, 6.45) is -3.63. The van der Waals surface area contributed by atoms with Gasteiger partial charge in [-0.25, -0.2) is 0 Å². The normalized spacial score (nSPS) is 16.4. The average Bonchev–Trinajstić information content (AvgIpc) is 2.68. The molecule has 2 aromatic carbocycles. The van der Waals surface area contributed by atoms with Gasteiger partial charge in [0.2, 0.25) is 0 Å². The summed E-state index contributed by atoms with van der Waals surface area (Å²) in [4.78, 5) is 4.68. The third-order valence-electron chi connectivity index (χ3n) is 4.86. The molecule has 0 radical (unpaired) electrons. The minimum absolute atomic E-state index is 0.566. The molecule has 27 heavy (non-hydrogen) atoms. The van der Waals surface area contributed by atoms with Crippen molar-refractivity contribution in [3.05, 3.63) is 65.7 Å². The van der Waals surface area contributed by atoms with Crippen molar-refractivity contribution in [1.82, 2.24) is 9.80 Å². The Hall–Kier alpha value is -2.05. The first-order valence-corrected chi connectivity index (χ1v) is 9.29. The number of para-hydroxylation sites is 1. The molecule has 146 valence electrons. The first-order chi connectivity index (χ1) is 13.0. The molecule has 0 atom stereocenters. The van der Waals surface area contributed by atoms with E-state index >= 15 is 0 Å². The monoisotopic (exact) mass is 378 g/mol. The molecule has 3 nitrogen and oxygen atoms in total. The second kappa shape index (κ2) is 9.24. The Balaban J connectivity index is 1.36. The highest BCUT2D eigenvalue weighted by Gasteiger charge is 2.30. The molecule has 0 bridgehead atoms. The molecule has 1 aliphatic heterocycles. The summed E-state index contributed by atoms with van der Waals surface area (Å²) in [7, 11) is 0. The van der Waals surface area contributed by atoms with Gasteiger partial charge in [-0.1, -0.05) is 36.4 Å². The van der Waals surface area contributed by atoms with Crippen LogP contribution in [-0.4, -0.2) is 55.7 Å². The molecule has 0 aromatic heterocycles. The zero-order valence-corrected chi connectivity index (χ0v) is 15.3. The van der Waals surface area contributed by atoms with Crippen LogP contribution in [0.3, 0.4) is 0 Å². The third-order valence-corrected chi connectivity index (χ3v) is 4.86. The number of halogens is 3. The SMILES string of the molecule is FC(F)(F)c1cccc(CCN2CCN(CCOc3ccccc3)CC2)c1. The molecular weight excluding hydrogens is 353 g/mol. The lowest BCUT2D eigenvalue weighted by atomic mass is 10.1. The van der Waals surface area contributed by atoms with E-state index in [9.17, 15) is 13.2 Å². The van der Waals surface area contributed by atoms with Crippen molar-refractivity contribution < 1.29 is 17.9 Å². The van der Waals surface area contributed by atoms with Crippen LogP contribution in [0, 0.1) is 0 Å². The quantitative estimate of drug-likeness (QED) is 0.726. The van der Waals surface area contributed by atoms with Gasteiger partial charge < -0.3 is 9.64 Å². The molecular formula is C21H25F3N2O. The molecule has 0 spiro atoms. The molecule has 0 aliphatic carbocycles. The minimum atomic E-state index is -4.27. The molecule has 2 aromatic rings. The number of piperazine rings is 1. The van der Waals surface area contributed by atoms with Crippen LogP contribution in [0.1, 0.15) is 11.1 Å². The maximum atomic E-state index is 12.8. The summed E-state index contributed by atoms with van der Waals surface area (Å²) < 4.78 is 44.1. The van der Waals surface area contributed by atoms with Crippen LogP contribution in [0.25, 0.3) is 0 Å². The van der Waals surface area contributed by atoms with Gasteiger partial charge >= 0.3 is 6.18 Å². The molecule has 1 fully saturated rings. The van der Waals surface area contributed by atoms with E-state index in [1.165, 1.54) is 12.1 Å². The first-order valence-electron chi connectivity index (χ1n) is 9.29. The summed E-state index contributed by atoms with van der Waals surface area (Å²) in [5.74, 6) is 0.886. The van der Waals surface area contributed by atoms with Crippen LogP contribution < -0.4 is 4.74 Å². The van der Waals surface area contributed by atoms with E-state index in [1.807, 2.05) is 30.3 Å². The Kier molecular flexibility index (Phi) is 6.74. The van der Waals surface area contributed by atoms with Crippen molar-refractivity contribution >= 4 is 0 Å². The fourth-order valence-electron chi connectivity index (χ4n) is 3.24. The van der Waals surface area contributed by atoms with Gasteiger partial charge in [0.1, 0.15) is 12.4 Å². The maximum absolute atomic E-state index is 12.8. The third kappa shape index (κ3) is 6.26. The van der Waals surface area contributed by atoms with Crippen LogP contribution in [-0.2, 0) is 12.6 Å². The van der Waals surface area contributed by atoms with Gasteiger partial charge in [-0.2, -0.15) is 13.2 Å². The van der Waals surface area contributed by atoms with E-state index in [4.69, 9.17) is 4.74 Å². The summed E-state index contributed by atoms with van der Waals surface area (Å²) in [5, 5.41) is 0. The average molecular weight is 378 g/mol. The summed E-state index contributed by atoms with van der Waals surface area (Å²) in [5.41, 5.74) is 0.173. The summed E-state index contributed by atoms with van der Waals surface area (Å²) >= 11 is 0. The second-order valence-electron chi connectivity index (χ2n) is 6.79. The Morgan fingerprint density at radius 2 is 1.48 bits per heavy atom. The predicted octanol–water partition coefficient (Wildman–Crippen LogP) is 3.94. The van der Waals surface area contributed by atoms with Crippen LogP contribution in [0.5, 0.6) is 5.75 Å². The van der Waals surface area contributed by atoms with Crippen molar-refractivity contribution in [2.75, 3.05) is 45.9 Å². The van der Waals surface area contributed by atoms with Gasteiger partial charge in [-0.05, 0) is 30.2 Å². The molecule has 1 heterocycles. The topological polar surface area (TPSA) is 15.7 Å². The first kappa shape index (κ1) is 19.7. The molecule has 0 N–H and O–H groups in total. The molecule has 0 saturated carbocycles. The zero-order valence-electron chi connectivity index (χ0n) is 15.3. The number of benzene rings is 2. The fraction of sp³-hybridized carbons (Fsp3) is 0.429. The van der Waals surface area contributed by atoms with Crippen LogP contribution >= 0.6 is 0 Å². The smallest absolute Gasteiger partial charge is 0.416 e. The summed E-state index contributed by atoms with van der Waals surface area (Å²) in [6.45, 7) is 6.12. The lowest BCUT2D eigenvalue weighted by Gasteiger charge is -2.34. The van der Waals surface area contributed by atoms with E-state index in [1.54, 1.807) is 6.07 Å². The molecule has 1 saturated heterocycles. The van der Waals surface area contributed by atoms with Gasteiger partial charge in [0.25, 0.3) is 0 Å². The van der Waals surface area contributed by atoms with E-state index in [2.05, 4.69) is 9.80 Å². The molecule has 0 unspecified atom stereocenters. The van der Waals surface area contributed by atoms with Crippen LogP contribution in [0.15, 0.2) is 54.6 Å². The largest absolute Gasteiger partial charge is 0.492 e. The zero-order chi connectivity index (χ0) is 19.1. The molecule has 3 rings (SSSR count). The minimum Gasteiger partial charge on any atom is -0.492 e. The fourth-order valence-corrected chi connectivity index (χ4v) is 3.24. The van der Waals surface area contributed by atoms with Gasteiger partial charge in [0.05, 0.1) is 5.56 Å². The number of ether oxygens (including phenoxy) is 1. The van der Waals surface area contributed by atoms with E-state index in [0.717, 1.165) is 56.6 Å². The highest BCUT2D eigenvalue weighted by molar-refractivity contribution is 5.26. The lowest BCUT2D eigenvalue weighted by molar-refractivity contribution is -0.137. The molecule has 1 aliphatic rings. The van der Waals surface area contributed by atoms with Gasteiger partial charge in [-0.3, -0.25) is 4.90 Å². The van der Waals surface area contributed by atoms with E-state index < -0.39 is 11.7 Å². The molecule has 6 heteroatoms. The van der Waals surface area contributed by atoms with E-state index in [-0.39, 0.29) is 0 Å². The number of alkyl halides is 3. The van der Waals surface area contributed by atoms with Gasteiger partial charge in [0.15, 0.2) is 0 Å². The standard InChI is InChI=1S/C21H25F3N2O/c22-21(23,24)19-6-4-5-18(17-19)9-10-25-11-13-26(14-12-25)15-16-27-20-7-2-1-3-8-20/h1-8,17H,9-16H2. The highest BCUT2D eigenvalue weighted by Crippen LogP contribution is 2.29. The van der Waals surface area contributed by atoms with Crippen LogP contribution in [0.4, 0.5) is 13.2 Å². The lowest BCUT2D eigenvalue weighted by Crippen LogP contribution is -2.47. The number of hydrogen-bond donors (Lipinski definition) is 0. The van der Waals surface area contributed by atoms with Gasteiger partial charge in [-0.15, -0.1) is 0 Å². The Morgan fingerprint density at radius 3 is 2.15 bits per heavy atom. The Bertz CT molecular complexity index is 698. The van der Waals surface area contributed by atoms with Gasteiger partial charge in [0, 0.05) is 39.3 Å². The second-order valence-corrected chi connectivity index (χ2v) is 6.79. The number of hydrogen-bond acceptors (Lipinski definition) is 3. The maximum Gasteiger partial charge on any atom is 0.416 e. The predicted molar refractivity (Wildman–Crippen MR) is 100.0 cm³/mol. The van der Waals surface area contributed by atoms with Crippen molar-refractivity contribution in [1.29, 1.82) is 0 Å².